The molecule has 0 heterocycles. The van der Waals surface area contributed by atoms with Crippen molar-refractivity contribution in [1.29, 1.82) is 0 Å². The Morgan fingerprint density at radius 2 is 0.939 bits per heavy atom. The van der Waals surface area contributed by atoms with E-state index in [2.05, 4.69) is 52.5 Å². The predicted octanol–water partition coefficient (Wildman–Crippen LogP) is -7.92. The minimum Gasteiger partial charge on any atom is -0.508 e. The van der Waals surface area contributed by atoms with Crippen molar-refractivity contribution in [2.24, 2.45) is 55.9 Å². The van der Waals surface area contributed by atoms with Crippen LogP contribution in [0.4, 0.5) is 0 Å². The van der Waals surface area contributed by atoms with Gasteiger partial charge >= 0.3 is 0 Å². The minimum absolute atomic E-state index is 0.0370. The minimum atomic E-state index is -1.84. The first-order valence-electron chi connectivity index (χ1n) is 26.1. The van der Waals surface area contributed by atoms with Gasteiger partial charge in [-0.2, -0.15) is 0 Å². The monoisotopic (exact) mass is 1160 g/mol. The molecule has 454 valence electrons. The maximum atomic E-state index is 14.0. The van der Waals surface area contributed by atoms with E-state index in [4.69, 9.17) is 45.9 Å². The van der Waals surface area contributed by atoms with Gasteiger partial charge < -0.3 is 109 Å². The molecule has 32 heteroatoms. The van der Waals surface area contributed by atoms with Crippen LogP contribution in [0.3, 0.4) is 0 Å². The number of aliphatic imine (C=N–C) groups is 2. The molecule has 0 saturated carbocycles. The average Bonchev–Trinajstić information content (AvgIpc) is 3.43. The Morgan fingerprint density at radius 3 is 1.40 bits per heavy atom. The summed E-state index contributed by atoms with van der Waals surface area (Å²) in [6.45, 7) is -0.411. The molecule has 0 aliphatic carbocycles. The van der Waals surface area contributed by atoms with Crippen LogP contribution >= 0.6 is 0 Å². The second-order valence-electron chi connectivity index (χ2n) is 19.0. The van der Waals surface area contributed by atoms with Gasteiger partial charge in [0.2, 0.25) is 59.1 Å². The molecule has 10 amide bonds. The highest BCUT2D eigenvalue weighted by atomic mass is 16.3. The largest absolute Gasteiger partial charge is 0.508 e. The van der Waals surface area contributed by atoms with Crippen LogP contribution in [-0.2, 0) is 60.8 Å². The van der Waals surface area contributed by atoms with Crippen LogP contribution in [0.15, 0.2) is 58.5 Å². The number of amides is 10. The van der Waals surface area contributed by atoms with Crippen LogP contribution in [0.5, 0.6) is 11.5 Å². The number of phenolic OH excluding ortho intramolecular Hbond substituents is 2. The lowest BCUT2D eigenvalue weighted by Crippen LogP contribution is -2.61. The van der Waals surface area contributed by atoms with Gasteiger partial charge in [-0.15, -0.1) is 0 Å². The number of phenols is 2. The first-order valence-corrected chi connectivity index (χ1v) is 26.1. The van der Waals surface area contributed by atoms with Crippen LogP contribution in [0, 0.1) is 0 Å². The number of aliphatic hydroxyl groups excluding tert-OH is 2. The molecule has 28 N–H and O–H groups in total. The van der Waals surface area contributed by atoms with Gasteiger partial charge in [0.15, 0.2) is 11.9 Å². The lowest BCUT2D eigenvalue weighted by atomic mass is 10.0. The van der Waals surface area contributed by atoms with Crippen molar-refractivity contribution < 1.29 is 68.4 Å². The Kier molecular flexibility index (Phi) is 30.7. The smallest absolute Gasteiger partial charge is 0.245 e. The molecule has 0 aromatic heterocycles. The molecule has 2 aromatic rings. The Morgan fingerprint density at radius 1 is 0.512 bits per heavy atom. The van der Waals surface area contributed by atoms with Gasteiger partial charge in [-0.3, -0.25) is 57.9 Å². The molecule has 2 aromatic carbocycles. The van der Waals surface area contributed by atoms with Gasteiger partial charge in [-0.1, -0.05) is 24.3 Å². The van der Waals surface area contributed by atoms with E-state index < -0.39 is 127 Å². The zero-order valence-corrected chi connectivity index (χ0v) is 45.5. The number of nitrogens with two attached hydrogens (primary N) is 8. The molecule has 82 heavy (non-hydrogen) atoms. The van der Waals surface area contributed by atoms with E-state index >= 15 is 0 Å². The second kappa shape index (κ2) is 36.4. The van der Waals surface area contributed by atoms with Gasteiger partial charge in [0.1, 0.15) is 53.8 Å². The number of aromatic hydroxyl groups is 2. The third-order valence-corrected chi connectivity index (χ3v) is 12.1. The van der Waals surface area contributed by atoms with E-state index in [1.807, 2.05) is 0 Å². The summed E-state index contributed by atoms with van der Waals surface area (Å²) in [5, 5.41) is 59.9. The number of rotatable bonds is 38. The standard InChI is InChI=1S/C50H80N18O14/c1-26(70)40(48(82)67-37(25-69)47(81)64-33(7-2-3-19-51)44(78)66-36(23-28-11-15-30(72)16-12-28)46(80)62-32(41(54)75)17-18-38(53)73)68-39(74)24-61-43(77)35(22-27-9-13-29(71)14-10-27)65-45(79)34(8-5-21-60-50(57)58)63-42(76)31(52)6-4-20-59-49(55)56/h9-16,26,31-37,40,69-72H,2-8,17-25,51-52H2,1H3,(H2,53,73)(H2,54,75)(H,61,77)(H,62,80)(H,63,76)(H,64,81)(H,65,79)(H,66,78)(H,67,82)(H,68,74)(H4,55,56,59)(H4,57,58,60)/t26-,31+,32+,33+,34+,35+,36+,37+,40+/m1/s1. The maximum absolute atomic E-state index is 14.0. The van der Waals surface area contributed by atoms with E-state index in [1.165, 1.54) is 48.5 Å². The highest BCUT2D eigenvalue weighted by Gasteiger charge is 2.34. The third kappa shape index (κ3) is 26.9. The number of hydrogen-bond acceptors (Lipinski definition) is 18. The summed E-state index contributed by atoms with van der Waals surface area (Å²) >= 11 is 0. The van der Waals surface area contributed by atoms with Gasteiger partial charge in [-0.05, 0) is 100 Å². The van der Waals surface area contributed by atoms with Crippen molar-refractivity contribution in [3.05, 3.63) is 59.7 Å². The van der Waals surface area contributed by atoms with Crippen LogP contribution < -0.4 is 88.4 Å². The molecule has 0 bridgehead atoms. The second-order valence-corrected chi connectivity index (χ2v) is 19.0. The average molecular weight is 1160 g/mol. The number of carbonyl (C=O) groups is 10. The summed E-state index contributed by atoms with van der Waals surface area (Å²) < 4.78 is 0. The predicted molar refractivity (Wildman–Crippen MR) is 297 cm³/mol. The molecular weight excluding hydrogens is 1080 g/mol. The lowest BCUT2D eigenvalue weighted by Gasteiger charge is -2.27. The van der Waals surface area contributed by atoms with Crippen LogP contribution in [-0.4, -0.2) is 179 Å². The van der Waals surface area contributed by atoms with Crippen molar-refractivity contribution in [2.75, 3.05) is 32.8 Å². The summed E-state index contributed by atoms with van der Waals surface area (Å²) in [5.41, 5.74) is 44.9. The first-order chi connectivity index (χ1) is 38.7. The topological polar surface area (TPSA) is 581 Å². The van der Waals surface area contributed by atoms with Crippen molar-refractivity contribution in [1.82, 2.24) is 42.5 Å². The molecule has 32 nitrogen and oxygen atoms in total. The Labute approximate surface area is 472 Å². The highest BCUT2D eigenvalue weighted by Crippen LogP contribution is 2.15. The number of unbranched alkanes of at least 4 members (excludes halogenated alkanes) is 1. The maximum Gasteiger partial charge on any atom is 0.245 e. The number of aliphatic hydroxyl groups is 2. The lowest BCUT2D eigenvalue weighted by molar-refractivity contribution is -0.136. The molecule has 0 radical (unpaired) electrons. The quantitative estimate of drug-likeness (QED) is 0.0169. The van der Waals surface area contributed by atoms with E-state index in [-0.39, 0.29) is 101 Å². The van der Waals surface area contributed by atoms with Crippen molar-refractivity contribution in [3.63, 3.8) is 0 Å². The number of carbonyl (C=O) groups excluding carboxylic acids is 10. The van der Waals surface area contributed by atoms with E-state index in [9.17, 15) is 68.4 Å². The van der Waals surface area contributed by atoms with Crippen molar-refractivity contribution >= 4 is 71.0 Å². The summed E-state index contributed by atoms with van der Waals surface area (Å²) in [4.78, 5) is 141. The van der Waals surface area contributed by atoms with Crippen molar-refractivity contribution in [2.45, 2.75) is 132 Å². The van der Waals surface area contributed by atoms with Crippen molar-refractivity contribution in [3.8, 4) is 11.5 Å². The number of hydrogen-bond donors (Lipinski definition) is 20. The van der Waals surface area contributed by atoms with Crippen LogP contribution in [0.2, 0.25) is 0 Å². The van der Waals surface area contributed by atoms with Crippen LogP contribution in [0.1, 0.15) is 75.8 Å². The molecular formula is C50H80N18O14. The van der Waals surface area contributed by atoms with E-state index in [1.54, 1.807) is 0 Å². The summed E-state index contributed by atoms with van der Waals surface area (Å²) in [6.07, 6.45) is -1.59. The number of guanidine groups is 2. The molecule has 2 rings (SSSR count). The Hall–Kier alpha value is -8.88. The molecule has 9 atom stereocenters. The van der Waals surface area contributed by atoms with Gasteiger partial charge in [0.05, 0.1) is 25.3 Å². The Balaban J connectivity index is 2.30. The first kappa shape index (κ1) is 69.2. The summed E-state index contributed by atoms with van der Waals surface area (Å²) in [6, 6.07) is -0.674. The molecule has 0 spiro atoms. The molecule has 0 unspecified atom stereocenters. The molecule has 0 fully saturated rings. The number of primary amides is 2. The normalized spacial score (nSPS) is 14.2. The third-order valence-electron chi connectivity index (χ3n) is 12.1. The number of benzene rings is 2. The van der Waals surface area contributed by atoms with Gasteiger partial charge in [0, 0.05) is 32.4 Å². The number of nitrogens with zero attached hydrogens (tertiary/aromatic N) is 2. The van der Waals surface area contributed by atoms with E-state index in [0.717, 1.165) is 6.92 Å². The van der Waals surface area contributed by atoms with Gasteiger partial charge in [-0.25, -0.2) is 0 Å². The van der Waals surface area contributed by atoms with Crippen LogP contribution in [0.25, 0.3) is 0 Å². The van der Waals surface area contributed by atoms with Gasteiger partial charge in [0.25, 0.3) is 0 Å². The fourth-order valence-electron chi connectivity index (χ4n) is 7.65. The Bertz CT molecular complexity index is 2510. The number of nitrogens with one attached hydrogen (secondary N) is 8. The molecule has 0 aliphatic rings. The highest BCUT2D eigenvalue weighted by molar-refractivity contribution is 5.98. The zero-order valence-electron chi connectivity index (χ0n) is 45.5. The SMILES string of the molecule is C[C@@H](O)[C@H](NC(=O)CNC(=O)[C@H](Cc1ccc(O)cc1)NC(=O)[C@H](CCCN=C(N)N)NC(=O)[C@@H](N)CCCN=C(N)N)C(=O)N[C@@H](CO)C(=O)N[C@@H](CCCCN)C(=O)N[C@@H](Cc1ccc(O)cc1)C(=O)N[C@@H](CCC(N)=O)C(N)=O. The zero-order chi connectivity index (χ0) is 61.5. The summed E-state index contributed by atoms with van der Waals surface area (Å²) in [7, 11) is 0. The molecule has 0 aliphatic heterocycles. The van der Waals surface area contributed by atoms with E-state index in [0.29, 0.717) is 24.0 Å². The fraction of sp³-hybridized carbons (Fsp3) is 0.520. The summed E-state index contributed by atoms with van der Waals surface area (Å²) in [5.74, 6) is -10.2. The fourth-order valence-corrected chi connectivity index (χ4v) is 7.65. The molecule has 0 saturated heterocycles.